The molecule has 3 aromatic rings. The van der Waals surface area contributed by atoms with E-state index in [1.165, 1.54) is 12.3 Å². The first-order valence-corrected chi connectivity index (χ1v) is 12.9. The highest BCUT2D eigenvalue weighted by Crippen LogP contribution is 2.39. The van der Waals surface area contributed by atoms with Crippen molar-refractivity contribution in [3.8, 4) is 17.2 Å². The molecule has 2 aromatic heterocycles. The van der Waals surface area contributed by atoms with Crippen molar-refractivity contribution in [1.82, 2.24) is 19.9 Å². The van der Waals surface area contributed by atoms with E-state index in [0.717, 1.165) is 37.0 Å². The number of imidazole rings is 1. The smallest absolute Gasteiger partial charge is 0.234 e. The summed E-state index contributed by atoms with van der Waals surface area (Å²) in [4.78, 5) is 33.6. The van der Waals surface area contributed by atoms with Crippen LogP contribution in [0.5, 0.6) is 0 Å². The van der Waals surface area contributed by atoms with Crippen molar-refractivity contribution >= 4 is 40.3 Å². The van der Waals surface area contributed by atoms with Gasteiger partial charge >= 0.3 is 0 Å². The molecule has 5 rings (SSSR count). The number of pyridine rings is 1. The Bertz CT molecular complexity index is 1440. The van der Waals surface area contributed by atoms with Gasteiger partial charge in [-0.2, -0.15) is 5.26 Å². The number of nitrogens with one attached hydrogen (secondary N) is 2. The van der Waals surface area contributed by atoms with Crippen LogP contribution < -0.4 is 10.6 Å². The molecule has 2 N–H and O–H groups in total. The monoisotopic (exact) mass is 522 g/mol. The molecule has 2 atom stereocenters. The van der Waals surface area contributed by atoms with Gasteiger partial charge in [0.15, 0.2) is 5.82 Å². The third kappa shape index (κ3) is 4.90. The number of aryl methyl sites for hydroxylation is 1. The second kappa shape index (κ2) is 9.75. The zero-order valence-corrected chi connectivity index (χ0v) is 21.5. The minimum Gasteiger partial charge on any atom is -0.352 e. The van der Waals surface area contributed by atoms with E-state index in [9.17, 15) is 9.59 Å². The number of nitriles is 1. The van der Waals surface area contributed by atoms with Crippen molar-refractivity contribution in [3.05, 3.63) is 41.1 Å². The van der Waals surface area contributed by atoms with E-state index in [1.807, 2.05) is 12.1 Å². The number of carbonyl (C=O) groups excluding carboxylic acids is 2. The number of rotatable bonds is 5. The summed E-state index contributed by atoms with van der Waals surface area (Å²) in [5.41, 5.74) is 2.04. The minimum atomic E-state index is -0.421. The van der Waals surface area contributed by atoms with E-state index in [1.54, 1.807) is 6.07 Å². The van der Waals surface area contributed by atoms with Crippen LogP contribution in [0.25, 0.3) is 22.2 Å². The van der Waals surface area contributed by atoms with E-state index >= 15 is 4.39 Å². The lowest BCUT2D eigenvalue weighted by atomic mass is 9.85. The first-order chi connectivity index (χ1) is 17.7. The van der Waals surface area contributed by atoms with Crippen LogP contribution in [-0.4, -0.2) is 32.4 Å². The van der Waals surface area contributed by atoms with E-state index in [4.69, 9.17) is 16.9 Å². The van der Waals surface area contributed by atoms with Crippen LogP contribution in [0.4, 0.5) is 10.2 Å². The second-order valence-electron chi connectivity index (χ2n) is 10.5. The van der Waals surface area contributed by atoms with Gasteiger partial charge in [-0.15, -0.1) is 0 Å². The van der Waals surface area contributed by atoms with Crippen LogP contribution in [-0.2, 0) is 21.5 Å². The van der Waals surface area contributed by atoms with Crippen LogP contribution in [0.2, 0.25) is 5.02 Å². The molecule has 2 amide bonds. The second-order valence-corrected chi connectivity index (χ2v) is 10.9. The number of carbonyl (C=O) groups is 2. The molecule has 2 unspecified atom stereocenters. The highest BCUT2D eigenvalue weighted by molar-refractivity contribution is 6.33. The maximum atomic E-state index is 15.1. The molecule has 10 heteroatoms. The van der Waals surface area contributed by atoms with Gasteiger partial charge in [0.2, 0.25) is 11.8 Å². The number of fused-ring (bicyclic) bond motifs is 3. The SMILES string of the molecule is CC1(C)CCc2nc3c(F)cc(-c4cc(NC(=O)C5CCCC(NC(=O)CC#N)C5)ncc4Cl)cc3n21. The molecular weight excluding hydrogens is 495 g/mol. The summed E-state index contributed by atoms with van der Waals surface area (Å²) in [5.74, 6) is -0.0485. The van der Waals surface area contributed by atoms with Crippen LogP contribution in [0.3, 0.4) is 0 Å². The molecule has 1 saturated carbocycles. The summed E-state index contributed by atoms with van der Waals surface area (Å²) >= 11 is 6.48. The van der Waals surface area contributed by atoms with Crippen molar-refractivity contribution in [3.63, 3.8) is 0 Å². The number of hydrogen-bond acceptors (Lipinski definition) is 5. The predicted octanol–water partition coefficient (Wildman–Crippen LogP) is 5.10. The maximum Gasteiger partial charge on any atom is 0.234 e. The summed E-state index contributed by atoms with van der Waals surface area (Å²) in [5, 5.41) is 14.7. The van der Waals surface area contributed by atoms with Gasteiger partial charge in [0.25, 0.3) is 0 Å². The average Bonchev–Trinajstić information content (AvgIpc) is 3.38. The molecule has 1 fully saturated rings. The van der Waals surface area contributed by atoms with Crippen LogP contribution in [0, 0.1) is 23.1 Å². The van der Waals surface area contributed by atoms with E-state index in [0.29, 0.717) is 40.3 Å². The van der Waals surface area contributed by atoms with Crippen LogP contribution >= 0.6 is 11.6 Å². The van der Waals surface area contributed by atoms with E-state index in [-0.39, 0.29) is 35.7 Å². The largest absolute Gasteiger partial charge is 0.352 e. The van der Waals surface area contributed by atoms with Crippen molar-refractivity contribution in [2.45, 2.75) is 70.4 Å². The maximum absolute atomic E-state index is 15.1. The van der Waals surface area contributed by atoms with E-state index < -0.39 is 5.82 Å². The zero-order chi connectivity index (χ0) is 26.3. The molecule has 0 spiro atoms. The van der Waals surface area contributed by atoms with Gasteiger partial charge in [0.1, 0.15) is 23.6 Å². The molecule has 37 heavy (non-hydrogen) atoms. The van der Waals surface area contributed by atoms with Crippen molar-refractivity contribution in [1.29, 1.82) is 5.26 Å². The molecule has 1 aliphatic heterocycles. The number of halogens is 2. The quantitative estimate of drug-likeness (QED) is 0.484. The predicted molar refractivity (Wildman–Crippen MR) is 138 cm³/mol. The number of benzene rings is 1. The number of hydrogen-bond donors (Lipinski definition) is 2. The van der Waals surface area contributed by atoms with E-state index in [2.05, 4.69) is 39.0 Å². The van der Waals surface area contributed by atoms with Gasteiger partial charge in [-0.3, -0.25) is 9.59 Å². The number of amides is 2. The highest BCUT2D eigenvalue weighted by Gasteiger charge is 2.33. The van der Waals surface area contributed by atoms with Crippen molar-refractivity contribution in [2.24, 2.45) is 5.92 Å². The highest BCUT2D eigenvalue weighted by atomic mass is 35.5. The fraction of sp³-hybridized carbons (Fsp3) is 0.444. The molecule has 0 bridgehead atoms. The van der Waals surface area contributed by atoms with Crippen LogP contribution in [0.15, 0.2) is 24.4 Å². The Morgan fingerprint density at radius 1 is 1.30 bits per heavy atom. The molecule has 2 aliphatic rings. The molecule has 0 saturated heterocycles. The lowest BCUT2D eigenvalue weighted by Gasteiger charge is -2.28. The topological polar surface area (TPSA) is 113 Å². The Labute approximate surface area is 219 Å². The summed E-state index contributed by atoms with van der Waals surface area (Å²) in [6, 6.07) is 6.66. The Balaban J connectivity index is 1.38. The van der Waals surface area contributed by atoms with Gasteiger partial charge in [0, 0.05) is 35.7 Å². The molecule has 8 nitrogen and oxygen atoms in total. The average molecular weight is 523 g/mol. The molecule has 0 radical (unpaired) electrons. The normalized spacial score (nSPS) is 20.3. The molecule has 3 heterocycles. The third-order valence-electron chi connectivity index (χ3n) is 7.42. The Morgan fingerprint density at radius 2 is 2.11 bits per heavy atom. The Morgan fingerprint density at radius 3 is 2.89 bits per heavy atom. The standard InChI is InChI=1S/C27H28ClFN6O2/c1-27(2)8-6-23-34-25-20(29)11-16(12-21(25)35(23)27)18-13-22(31-14-19(18)28)33-26(37)15-4-3-5-17(10-15)32-24(36)7-9-30/h11-15,17H,3-8,10H2,1-2H3,(H,32,36)(H,31,33,37). The Kier molecular flexibility index (Phi) is 6.63. The zero-order valence-electron chi connectivity index (χ0n) is 20.8. The lowest BCUT2D eigenvalue weighted by Crippen LogP contribution is -2.40. The molecule has 1 aromatic carbocycles. The first-order valence-electron chi connectivity index (χ1n) is 12.5. The lowest BCUT2D eigenvalue weighted by molar-refractivity contribution is -0.124. The number of nitrogens with zero attached hydrogens (tertiary/aromatic N) is 4. The number of anilines is 1. The molecule has 1 aliphatic carbocycles. The van der Waals surface area contributed by atoms with Gasteiger partial charge in [-0.25, -0.2) is 14.4 Å². The fourth-order valence-corrected chi connectivity index (χ4v) is 5.79. The van der Waals surface area contributed by atoms with Gasteiger partial charge in [-0.05, 0) is 63.3 Å². The molecular formula is C27H28ClFN6O2. The summed E-state index contributed by atoms with van der Waals surface area (Å²) in [6.07, 6.45) is 5.74. The van der Waals surface area contributed by atoms with Gasteiger partial charge < -0.3 is 15.2 Å². The van der Waals surface area contributed by atoms with Gasteiger partial charge in [-0.1, -0.05) is 18.0 Å². The summed E-state index contributed by atoms with van der Waals surface area (Å²) in [6.45, 7) is 4.24. The van der Waals surface area contributed by atoms with Crippen LogP contribution in [0.1, 0.15) is 58.2 Å². The molecule has 192 valence electrons. The summed E-state index contributed by atoms with van der Waals surface area (Å²) < 4.78 is 17.2. The third-order valence-corrected chi connectivity index (χ3v) is 7.72. The van der Waals surface area contributed by atoms with Gasteiger partial charge in [0.05, 0.1) is 16.6 Å². The number of aromatic nitrogens is 3. The summed E-state index contributed by atoms with van der Waals surface area (Å²) in [7, 11) is 0. The first kappa shape index (κ1) is 25.2. The Hall–Kier alpha value is -3.51. The van der Waals surface area contributed by atoms with Crippen molar-refractivity contribution < 1.29 is 14.0 Å². The fourth-order valence-electron chi connectivity index (χ4n) is 5.58. The van der Waals surface area contributed by atoms with Crippen molar-refractivity contribution in [2.75, 3.05) is 5.32 Å². The minimum absolute atomic E-state index is 0.143.